The number of carboxylic acids is 1. The number of carboxylic acid groups (broad SMARTS) is 1. The van der Waals surface area contributed by atoms with Gasteiger partial charge in [-0.05, 0) is 24.5 Å². The summed E-state index contributed by atoms with van der Waals surface area (Å²) >= 11 is 0. The summed E-state index contributed by atoms with van der Waals surface area (Å²) in [7, 11) is 0. The summed E-state index contributed by atoms with van der Waals surface area (Å²) in [5.74, 6) is -0.848. The van der Waals surface area contributed by atoms with Crippen LogP contribution in [-0.4, -0.2) is 11.1 Å². The van der Waals surface area contributed by atoms with Crippen molar-refractivity contribution in [3.8, 4) is 0 Å². The number of carbonyl (C=O) groups is 1. The van der Waals surface area contributed by atoms with Crippen LogP contribution >= 0.6 is 0 Å². The van der Waals surface area contributed by atoms with E-state index in [0.717, 1.165) is 24.8 Å². The molecule has 2 heteroatoms. The zero-order chi connectivity index (χ0) is 9.68. The van der Waals surface area contributed by atoms with E-state index in [-0.39, 0.29) is 0 Å². The van der Waals surface area contributed by atoms with Gasteiger partial charge in [-0.2, -0.15) is 0 Å². The molecule has 0 amide bonds. The summed E-state index contributed by atoms with van der Waals surface area (Å²) in [4.78, 5) is 10.8. The van der Waals surface area contributed by atoms with E-state index in [4.69, 9.17) is 5.11 Å². The first-order valence-corrected chi connectivity index (χ1v) is 4.36. The maximum atomic E-state index is 10.8. The maximum Gasteiger partial charge on any atom is 0.335 e. The Morgan fingerprint density at radius 1 is 1.38 bits per heavy atom. The first-order chi connectivity index (χ1) is 6.25. The molecule has 1 aromatic carbocycles. The van der Waals surface area contributed by atoms with Crippen molar-refractivity contribution in [2.75, 3.05) is 0 Å². The van der Waals surface area contributed by atoms with E-state index in [1.54, 1.807) is 12.1 Å². The minimum Gasteiger partial charge on any atom is -0.478 e. The van der Waals surface area contributed by atoms with Gasteiger partial charge in [-0.1, -0.05) is 31.5 Å². The fourth-order valence-corrected chi connectivity index (χ4v) is 1.26. The number of rotatable bonds is 4. The minimum absolute atomic E-state index is 0.413. The van der Waals surface area contributed by atoms with Crippen LogP contribution in [0.15, 0.2) is 24.3 Å². The van der Waals surface area contributed by atoms with Gasteiger partial charge in [0.05, 0.1) is 5.56 Å². The van der Waals surface area contributed by atoms with Crippen LogP contribution < -0.4 is 0 Å². The third-order valence-corrected chi connectivity index (χ3v) is 1.94. The third-order valence-electron chi connectivity index (χ3n) is 1.94. The summed E-state index contributed by atoms with van der Waals surface area (Å²) in [6, 6.07) is 7.11. The van der Waals surface area contributed by atoms with Gasteiger partial charge in [0.1, 0.15) is 0 Å². The normalized spacial score (nSPS) is 9.92. The first kappa shape index (κ1) is 9.78. The summed E-state index contributed by atoms with van der Waals surface area (Å²) in [6.45, 7) is 3.73. The Morgan fingerprint density at radius 2 is 2.08 bits per heavy atom. The van der Waals surface area contributed by atoms with E-state index in [1.807, 2.05) is 12.1 Å². The lowest BCUT2D eigenvalue weighted by atomic mass is 10.0. The summed E-state index contributed by atoms with van der Waals surface area (Å²) in [5, 5.41) is 8.85. The highest BCUT2D eigenvalue weighted by Crippen LogP contribution is 2.11. The van der Waals surface area contributed by atoms with E-state index in [0.29, 0.717) is 5.56 Å². The van der Waals surface area contributed by atoms with Gasteiger partial charge < -0.3 is 5.11 Å². The van der Waals surface area contributed by atoms with Crippen molar-refractivity contribution in [1.29, 1.82) is 0 Å². The lowest BCUT2D eigenvalue weighted by Gasteiger charge is -2.03. The van der Waals surface area contributed by atoms with Crippen molar-refractivity contribution in [3.05, 3.63) is 42.3 Å². The number of aryl methyl sites for hydroxylation is 1. The van der Waals surface area contributed by atoms with Gasteiger partial charge in [0.2, 0.25) is 0 Å². The number of hydrogen-bond acceptors (Lipinski definition) is 1. The van der Waals surface area contributed by atoms with E-state index >= 15 is 0 Å². The standard InChI is InChI=1S/C11H13O2/c1-2-3-6-9-7-4-5-8-10(9)11(12)13/h4-5,7-8H,1-3,6H2,(H,12,13). The average molecular weight is 177 g/mol. The molecular weight excluding hydrogens is 164 g/mol. The van der Waals surface area contributed by atoms with Crippen LogP contribution in [0.3, 0.4) is 0 Å². The van der Waals surface area contributed by atoms with Gasteiger partial charge >= 0.3 is 5.97 Å². The lowest BCUT2D eigenvalue weighted by molar-refractivity contribution is 0.0695. The van der Waals surface area contributed by atoms with Gasteiger partial charge in [-0.3, -0.25) is 0 Å². The number of aromatic carboxylic acids is 1. The Morgan fingerprint density at radius 3 is 2.69 bits per heavy atom. The molecule has 0 aliphatic heterocycles. The highest BCUT2D eigenvalue weighted by Gasteiger charge is 2.07. The quantitative estimate of drug-likeness (QED) is 0.767. The molecule has 0 heterocycles. The third kappa shape index (κ3) is 2.58. The zero-order valence-corrected chi connectivity index (χ0v) is 7.49. The molecule has 0 saturated carbocycles. The van der Waals surface area contributed by atoms with Crippen molar-refractivity contribution in [2.45, 2.75) is 19.3 Å². The van der Waals surface area contributed by atoms with E-state index in [2.05, 4.69) is 6.92 Å². The molecule has 13 heavy (non-hydrogen) atoms. The topological polar surface area (TPSA) is 37.3 Å². The van der Waals surface area contributed by atoms with Crippen molar-refractivity contribution >= 4 is 5.97 Å². The van der Waals surface area contributed by atoms with Gasteiger partial charge in [0, 0.05) is 0 Å². The summed E-state index contributed by atoms with van der Waals surface area (Å²) in [6.07, 6.45) is 2.57. The number of hydrogen-bond donors (Lipinski definition) is 1. The van der Waals surface area contributed by atoms with E-state index < -0.39 is 5.97 Å². The number of benzene rings is 1. The molecule has 1 rings (SSSR count). The Labute approximate surface area is 78.2 Å². The maximum absolute atomic E-state index is 10.8. The Kier molecular flexibility index (Phi) is 3.50. The first-order valence-electron chi connectivity index (χ1n) is 4.36. The SMILES string of the molecule is [CH2]CCCc1ccccc1C(=O)O. The highest BCUT2D eigenvalue weighted by atomic mass is 16.4. The second-order valence-electron chi connectivity index (χ2n) is 2.92. The molecule has 0 aliphatic carbocycles. The largest absolute Gasteiger partial charge is 0.478 e. The molecule has 1 aromatic rings. The smallest absolute Gasteiger partial charge is 0.335 e. The Balaban J connectivity index is 2.84. The van der Waals surface area contributed by atoms with Crippen molar-refractivity contribution in [1.82, 2.24) is 0 Å². The van der Waals surface area contributed by atoms with Crippen molar-refractivity contribution in [3.63, 3.8) is 0 Å². The van der Waals surface area contributed by atoms with Crippen LogP contribution in [0.2, 0.25) is 0 Å². The molecule has 0 atom stereocenters. The fraction of sp³-hybridized carbons (Fsp3) is 0.273. The average Bonchev–Trinajstić information content (AvgIpc) is 2.15. The second kappa shape index (κ2) is 4.65. The highest BCUT2D eigenvalue weighted by molar-refractivity contribution is 5.89. The lowest BCUT2D eigenvalue weighted by Crippen LogP contribution is -2.01. The molecular formula is C11H13O2. The molecule has 0 aliphatic rings. The summed E-state index contributed by atoms with van der Waals surface area (Å²) in [5.41, 5.74) is 1.31. The molecule has 0 unspecified atom stereocenters. The van der Waals surface area contributed by atoms with E-state index in [9.17, 15) is 4.79 Å². The van der Waals surface area contributed by atoms with Gasteiger partial charge in [0.15, 0.2) is 0 Å². The predicted molar refractivity (Wildman–Crippen MR) is 51.7 cm³/mol. The van der Waals surface area contributed by atoms with Crippen LogP contribution in [0.1, 0.15) is 28.8 Å². The van der Waals surface area contributed by atoms with Gasteiger partial charge in [0.25, 0.3) is 0 Å². The molecule has 69 valence electrons. The van der Waals surface area contributed by atoms with Gasteiger partial charge in [-0.15, -0.1) is 0 Å². The molecule has 0 bridgehead atoms. The van der Waals surface area contributed by atoms with Crippen molar-refractivity contribution in [2.24, 2.45) is 0 Å². The molecule has 1 N–H and O–H groups in total. The second-order valence-corrected chi connectivity index (χ2v) is 2.92. The fourth-order valence-electron chi connectivity index (χ4n) is 1.26. The molecule has 2 nitrogen and oxygen atoms in total. The van der Waals surface area contributed by atoms with Crippen LogP contribution in [0.25, 0.3) is 0 Å². The monoisotopic (exact) mass is 177 g/mol. The number of unbranched alkanes of at least 4 members (excludes halogenated alkanes) is 1. The van der Waals surface area contributed by atoms with Crippen LogP contribution in [-0.2, 0) is 6.42 Å². The van der Waals surface area contributed by atoms with Gasteiger partial charge in [-0.25, -0.2) is 4.79 Å². The molecule has 0 aromatic heterocycles. The van der Waals surface area contributed by atoms with Crippen LogP contribution in [0, 0.1) is 6.92 Å². The molecule has 0 spiro atoms. The zero-order valence-electron chi connectivity index (χ0n) is 7.49. The summed E-state index contributed by atoms with van der Waals surface area (Å²) < 4.78 is 0. The Bertz CT molecular complexity index is 292. The van der Waals surface area contributed by atoms with E-state index in [1.165, 1.54) is 0 Å². The van der Waals surface area contributed by atoms with Crippen LogP contribution in [0.5, 0.6) is 0 Å². The molecule has 0 saturated heterocycles. The molecule has 0 fully saturated rings. The Hall–Kier alpha value is -1.31. The van der Waals surface area contributed by atoms with Crippen molar-refractivity contribution < 1.29 is 9.90 Å². The minimum atomic E-state index is -0.848. The predicted octanol–water partition coefficient (Wildman–Crippen LogP) is 2.54. The van der Waals surface area contributed by atoms with Crippen LogP contribution in [0.4, 0.5) is 0 Å². The molecule has 1 radical (unpaired) electrons.